The lowest BCUT2D eigenvalue weighted by molar-refractivity contribution is -0.133. The van der Waals surface area contributed by atoms with Crippen LogP contribution in [0.5, 0.6) is 0 Å². The molecule has 3 atom stereocenters. The Hall–Kier alpha value is -1.04. The van der Waals surface area contributed by atoms with Gasteiger partial charge in [0.1, 0.15) is 0 Å². The number of carbonyl (C=O) groups is 1. The monoisotopic (exact) mass is 220 g/mol. The van der Waals surface area contributed by atoms with Gasteiger partial charge in [0.15, 0.2) is 0 Å². The Labute approximate surface area is 97.4 Å². The molecule has 0 bridgehead atoms. The Morgan fingerprint density at radius 3 is 2.62 bits per heavy atom. The van der Waals surface area contributed by atoms with Crippen LogP contribution in [0.4, 0.5) is 0 Å². The maximum Gasteiger partial charge on any atom is 0.226 e. The Bertz CT molecular complexity index is 310. The van der Waals surface area contributed by atoms with Crippen molar-refractivity contribution >= 4 is 5.91 Å². The molecule has 2 saturated carbocycles. The summed E-state index contributed by atoms with van der Waals surface area (Å²) in [4.78, 5) is 14.1. The fraction of sp³-hybridized carbons (Fsp3) is 0.846. The summed E-state index contributed by atoms with van der Waals surface area (Å²) in [7, 11) is 0. The van der Waals surface area contributed by atoms with Gasteiger partial charge in [0.25, 0.3) is 0 Å². The average molecular weight is 220 g/mol. The van der Waals surface area contributed by atoms with E-state index in [4.69, 9.17) is 5.26 Å². The third-order valence-electron chi connectivity index (χ3n) is 4.10. The van der Waals surface area contributed by atoms with Crippen molar-refractivity contribution in [2.75, 3.05) is 13.1 Å². The second kappa shape index (κ2) is 4.45. The highest BCUT2D eigenvalue weighted by Crippen LogP contribution is 2.58. The van der Waals surface area contributed by atoms with E-state index < -0.39 is 0 Å². The first-order valence-electron chi connectivity index (χ1n) is 6.37. The van der Waals surface area contributed by atoms with Gasteiger partial charge >= 0.3 is 0 Å². The van der Waals surface area contributed by atoms with Crippen molar-refractivity contribution in [1.29, 1.82) is 5.26 Å². The van der Waals surface area contributed by atoms with Gasteiger partial charge in [0.2, 0.25) is 5.91 Å². The van der Waals surface area contributed by atoms with Crippen molar-refractivity contribution in [2.24, 2.45) is 23.7 Å². The second-order valence-electron chi connectivity index (χ2n) is 5.19. The van der Waals surface area contributed by atoms with Gasteiger partial charge in [-0.25, -0.2) is 0 Å². The zero-order chi connectivity index (χ0) is 11.7. The Balaban J connectivity index is 1.90. The molecule has 2 aliphatic carbocycles. The van der Waals surface area contributed by atoms with Crippen LogP contribution in [0.1, 0.15) is 33.1 Å². The van der Waals surface area contributed by atoms with Gasteiger partial charge in [-0.2, -0.15) is 5.26 Å². The van der Waals surface area contributed by atoms with Gasteiger partial charge in [-0.1, -0.05) is 6.42 Å². The molecule has 0 aromatic rings. The molecular formula is C13H20N2O. The van der Waals surface area contributed by atoms with Crippen LogP contribution >= 0.6 is 0 Å². The lowest BCUT2D eigenvalue weighted by Gasteiger charge is -2.22. The summed E-state index contributed by atoms with van der Waals surface area (Å²) in [5, 5.41) is 8.79. The van der Waals surface area contributed by atoms with Crippen LogP contribution in [0.3, 0.4) is 0 Å². The molecule has 3 heteroatoms. The number of amides is 1. The molecule has 0 aromatic heterocycles. The quantitative estimate of drug-likeness (QED) is 0.727. The normalized spacial score (nSPS) is 32.7. The van der Waals surface area contributed by atoms with Crippen LogP contribution in [-0.2, 0) is 4.79 Å². The summed E-state index contributed by atoms with van der Waals surface area (Å²) >= 11 is 0. The topological polar surface area (TPSA) is 44.1 Å². The molecule has 0 radical (unpaired) electrons. The lowest BCUT2D eigenvalue weighted by atomic mass is 10.1. The standard InChI is InChI=1S/C13H20N2O/c1-3-15(8-9(2)7-14)13(16)12-10-5-4-6-11(10)12/h9-12H,3-6,8H2,1-2H3. The molecule has 1 amide bonds. The minimum absolute atomic E-state index is 0.0532. The fourth-order valence-electron chi connectivity index (χ4n) is 3.14. The first-order valence-corrected chi connectivity index (χ1v) is 6.37. The van der Waals surface area contributed by atoms with Crippen molar-refractivity contribution in [3.63, 3.8) is 0 Å². The van der Waals surface area contributed by atoms with Gasteiger partial charge in [0, 0.05) is 19.0 Å². The van der Waals surface area contributed by atoms with Crippen LogP contribution in [-0.4, -0.2) is 23.9 Å². The van der Waals surface area contributed by atoms with Crippen LogP contribution < -0.4 is 0 Å². The fourth-order valence-corrected chi connectivity index (χ4v) is 3.14. The summed E-state index contributed by atoms with van der Waals surface area (Å²) in [6.45, 7) is 5.21. The summed E-state index contributed by atoms with van der Waals surface area (Å²) in [5.74, 6) is 1.92. The Morgan fingerprint density at radius 1 is 1.50 bits per heavy atom. The molecule has 0 heterocycles. The number of rotatable bonds is 4. The third-order valence-corrected chi connectivity index (χ3v) is 4.10. The average Bonchev–Trinajstić information content (AvgIpc) is 2.78. The zero-order valence-corrected chi connectivity index (χ0v) is 10.1. The van der Waals surface area contributed by atoms with Crippen LogP contribution in [0, 0.1) is 35.0 Å². The first kappa shape index (κ1) is 11.4. The van der Waals surface area contributed by atoms with E-state index in [1.807, 2.05) is 18.7 Å². The van der Waals surface area contributed by atoms with Gasteiger partial charge in [-0.3, -0.25) is 4.79 Å². The van der Waals surface area contributed by atoms with E-state index in [2.05, 4.69) is 6.07 Å². The van der Waals surface area contributed by atoms with Crippen molar-refractivity contribution in [3.8, 4) is 6.07 Å². The smallest absolute Gasteiger partial charge is 0.226 e. The van der Waals surface area contributed by atoms with E-state index in [1.54, 1.807) is 0 Å². The van der Waals surface area contributed by atoms with E-state index >= 15 is 0 Å². The zero-order valence-electron chi connectivity index (χ0n) is 10.1. The molecule has 2 fully saturated rings. The highest BCUT2D eigenvalue weighted by molar-refractivity contribution is 5.82. The molecule has 2 rings (SSSR count). The van der Waals surface area contributed by atoms with E-state index in [0.29, 0.717) is 30.2 Å². The minimum atomic E-state index is -0.0532. The molecule has 3 nitrogen and oxygen atoms in total. The molecule has 0 aromatic carbocycles. The van der Waals surface area contributed by atoms with Crippen molar-refractivity contribution in [3.05, 3.63) is 0 Å². The molecule has 16 heavy (non-hydrogen) atoms. The molecule has 3 unspecified atom stereocenters. The van der Waals surface area contributed by atoms with E-state index in [1.165, 1.54) is 19.3 Å². The molecular weight excluding hydrogens is 200 g/mol. The summed E-state index contributed by atoms with van der Waals surface area (Å²) in [6.07, 6.45) is 3.79. The van der Waals surface area contributed by atoms with Gasteiger partial charge < -0.3 is 4.90 Å². The summed E-state index contributed by atoms with van der Waals surface area (Å²) in [5.41, 5.74) is 0. The van der Waals surface area contributed by atoms with Crippen molar-refractivity contribution in [2.45, 2.75) is 33.1 Å². The third kappa shape index (κ3) is 1.93. The SMILES string of the molecule is CCN(CC(C)C#N)C(=O)C1C2CCCC21. The minimum Gasteiger partial charge on any atom is -0.341 e. The van der Waals surface area contributed by atoms with Crippen LogP contribution in [0.2, 0.25) is 0 Å². The lowest BCUT2D eigenvalue weighted by Crippen LogP contribution is -2.36. The predicted molar refractivity (Wildman–Crippen MR) is 61.4 cm³/mol. The number of fused-ring (bicyclic) bond motifs is 1. The Morgan fingerprint density at radius 2 is 2.12 bits per heavy atom. The number of nitriles is 1. The predicted octanol–water partition coefficient (Wildman–Crippen LogP) is 2.04. The Kier molecular flexibility index (Phi) is 3.18. The van der Waals surface area contributed by atoms with Gasteiger partial charge in [0.05, 0.1) is 12.0 Å². The molecule has 0 saturated heterocycles. The van der Waals surface area contributed by atoms with Gasteiger partial charge in [-0.05, 0) is 38.5 Å². The van der Waals surface area contributed by atoms with E-state index in [-0.39, 0.29) is 5.92 Å². The maximum atomic E-state index is 12.2. The van der Waals surface area contributed by atoms with E-state index in [0.717, 1.165) is 6.54 Å². The van der Waals surface area contributed by atoms with E-state index in [9.17, 15) is 4.79 Å². The molecule has 2 aliphatic rings. The molecule has 88 valence electrons. The van der Waals surface area contributed by atoms with Gasteiger partial charge in [-0.15, -0.1) is 0 Å². The van der Waals surface area contributed by atoms with Crippen LogP contribution in [0.25, 0.3) is 0 Å². The summed E-state index contributed by atoms with van der Waals surface area (Å²) in [6, 6.07) is 2.20. The summed E-state index contributed by atoms with van der Waals surface area (Å²) < 4.78 is 0. The van der Waals surface area contributed by atoms with Crippen LogP contribution in [0.15, 0.2) is 0 Å². The van der Waals surface area contributed by atoms with Crippen molar-refractivity contribution < 1.29 is 4.79 Å². The number of carbonyl (C=O) groups excluding carboxylic acids is 1. The highest BCUT2D eigenvalue weighted by atomic mass is 16.2. The molecule has 0 spiro atoms. The second-order valence-corrected chi connectivity index (χ2v) is 5.19. The molecule has 0 aliphatic heterocycles. The number of hydrogen-bond donors (Lipinski definition) is 0. The number of hydrogen-bond acceptors (Lipinski definition) is 2. The number of nitrogens with zero attached hydrogens (tertiary/aromatic N) is 2. The highest BCUT2D eigenvalue weighted by Gasteiger charge is 2.57. The largest absolute Gasteiger partial charge is 0.341 e. The molecule has 0 N–H and O–H groups in total. The van der Waals surface area contributed by atoms with Crippen molar-refractivity contribution in [1.82, 2.24) is 4.90 Å². The maximum absolute atomic E-state index is 12.2. The first-order chi connectivity index (χ1) is 7.69.